The lowest BCUT2D eigenvalue weighted by Gasteiger charge is -2.34. The first-order valence-electron chi connectivity index (χ1n) is 13.2. The predicted octanol–water partition coefficient (Wildman–Crippen LogP) is 5.03. The molecule has 1 aliphatic rings. The van der Waals surface area contributed by atoms with Gasteiger partial charge in [0.1, 0.15) is 12.4 Å². The molecule has 212 valence electrons. The third-order valence-corrected chi connectivity index (χ3v) is 7.66. The van der Waals surface area contributed by atoms with Gasteiger partial charge in [0.15, 0.2) is 0 Å². The van der Waals surface area contributed by atoms with Crippen molar-refractivity contribution in [2.24, 2.45) is 0 Å². The van der Waals surface area contributed by atoms with Gasteiger partial charge in [-0.1, -0.05) is 41.1 Å². The highest BCUT2D eigenvalue weighted by atomic mass is 35.5. The molecule has 0 saturated carbocycles. The fraction of sp³-hybridized carbons (Fsp3) is 0.300. The fourth-order valence-electron chi connectivity index (χ4n) is 4.92. The van der Waals surface area contributed by atoms with E-state index in [0.717, 1.165) is 43.1 Å². The monoisotopic (exact) mass is 592 g/mol. The van der Waals surface area contributed by atoms with Crippen LogP contribution in [0, 0.1) is 11.8 Å². The standard InChI is InChI=1S/C30H30Cl2N6O3/c1-33-20-11-13-37(14-12-20)25-10-9-21(16-26(25)41-3)35-30-34-17-22-27(36-30)19(6-5-15-40-2)18-38(29(22)39)28-23(31)7-4-8-24(28)32/h4,7-10,16-18,20,33H,11-15H2,1-3H3,(H,34,35,36). The van der Waals surface area contributed by atoms with Gasteiger partial charge in [0, 0.05) is 50.4 Å². The van der Waals surface area contributed by atoms with E-state index >= 15 is 0 Å². The lowest BCUT2D eigenvalue weighted by molar-refractivity contribution is 0.240. The average Bonchev–Trinajstić information content (AvgIpc) is 2.99. The molecule has 0 radical (unpaired) electrons. The highest BCUT2D eigenvalue weighted by Crippen LogP contribution is 2.34. The van der Waals surface area contributed by atoms with Crippen molar-refractivity contribution >= 4 is 51.4 Å². The van der Waals surface area contributed by atoms with Gasteiger partial charge < -0.3 is 25.0 Å². The lowest BCUT2D eigenvalue weighted by Crippen LogP contribution is -2.41. The van der Waals surface area contributed by atoms with Gasteiger partial charge >= 0.3 is 0 Å². The van der Waals surface area contributed by atoms with Gasteiger partial charge in [-0.05, 0) is 44.2 Å². The smallest absolute Gasteiger partial charge is 0.266 e. The van der Waals surface area contributed by atoms with E-state index < -0.39 is 0 Å². The second-order valence-electron chi connectivity index (χ2n) is 9.54. The van der Waals surface area contributed by atoms with Crippen molar-refractivity contribution in [3.05, 3.63) is 74.8 Å². The SMILES string of the molecule is CNC1CCN(c2ccc(Nc3ncc4c(=O)n(-c5c(Cl)cccc5Cl)cc(C#CCOC)c4n3)cc2OC)CC1. The number of benzene rings is 2. The summed E-state index contributed by atoms with van der Waals surface area (Å²) in [6.07, 6.45) is 5.22. The topological polar surface area (TPSA) is 93.5 Å². The van der Waals surface area contributed by atoms with Gasteiger partial charge in [0.05, 0.1) is 45.0 Å². The maximum atomic E-state index is 13.5. The molecule has 0 bridgehead atoms. The molecule has 0 spiro atoms. The minimum absolute atomic E-state index is 0.211. The number of aromatic nitrogens is 3. The molecule has 2 N–H and O–H groups in total. The largest absolute Gasteiger partial charge is 0.495 e. The number of pyridine rings is 1. The van der Waals surface area contributed by atoms with Crippen LogP contribution in [0.1, 0.15) is 18.4 Å². The normalized spacial score (nSPS) is 13.6. The zero-order chi connectivity index (χ0) is 28.9. The number of hydrogen-bond acceptors (Lipinski definition) is 8. The summed E-state index contributed by atoms with van der Waals surface area (Å²) in [4.78, 5) is 25.0. The van der Waals surface area contributed by atoms with Gasteiger partial charge in [-0.15, -0.1) is 0 Å². The number of rotatable bonds is 7. The van der Waals surface area contributed by atoms with Crippen molar-refractivity contribution < 1.29 is 9.47 Å². The Morgan fingerprint density at radius 3 is 2.56 bits per heavy atom. The van der Waals surface area contributed by atoms with E-state index in [1.54, 1.807) is 38.6 Å². The van der Waals surface area contributed by atoms with Gasteiger partial charge in [-0.25, -0.2) is 9.97 Å². The number of para-hydroxylation sites is 1. The predicted molar refractivity (Wildman–Crippen MR) is 164 cm³/mol. The number of nitrogens with zero attached hydrogens (tertiary/aromatic N) is 4. The molecule has 0 aliphatic carbocycles. The molecule has 3 heterocycles. The van der Waals surface area contributed by atoms with Crippen LogP contribution in [0.4, 0.5) is 17.3 Å². The van der Waals surface area contributed by atoms with Gasteiger partial charge in [0.25, 0.3) is 5.56 Å². The molecule has 9 nitrogen and oxygen atoms in total. The van der Waals surface area contributed by atoms with Crippen LogP contribution in [-0.2, 0) is 4.74 Å². The summed E-state index contributed by atoms with van der Waals surface area (Å²) in [5.74, 6) is 7.06. The van der Waals surface area contributed by atoms with Crippen LogP contribution in [0.15, 0.2) is 53.6 Å². The van der Waals surface area contributed by atoms with Crippen LogP contribution in [0.3, 0.4) is 0 Å². The molecule has 2 aromatic heterocycles. The number of hydrogen-bond donors (Lipinski definition) is 2. The molecule has 1 fully saturated rings. The summed E-state index contributed by atoms with van der Waals surface area (Å²) in [6, 6.07) is 11.5. The number of fused-ring (bicyclic) bond motifs is 1. The molecule has 0 amide bonds. The van der Waals surface area contributed by atoms with E-state index in [9.17, 15) is 4.79 Å². The Morgan fingerprint density at radius 1 is 1.12 bits per heavy atom. The molecule has 2 aromatic carbocycles. The van der Waals surface area contributed by atoms with E-state index in [4.69, 9.17) is 32.7 Å². The van der Waals surface area contributed by atoms with Crippen molar-refractivity contribution in [3.8, 4) is 23.3 Å². The highest BCUT2D eigenvalue weighted by molar-refractivity contribution is 6.37. The van der Waals surface area contributed by atoms with Crippen LogP contribution in [0.2, 0.25) is 10.0 Å². The molecule has 1 saturated heterocycles. The molecule has 5 rings (SSSR count). The number of methoxy groups -OCH3 is 2. The van der Waals surface area contributed by atoms with E-state index in [-0.39, 0.29) is 17.6 Å². The number of nitrogens with one attached hydrogen (secondary N) is 2. The summed E-state index contributed by atoms with van der Waals surface area (Å²) in [5, 5.41) is 7.54. The summed E-state index contributed by atoms with van der Waals surface area (Å²) in [7, 11) is 5.23. The van der Waals surface area contributed by atoms with Crippen LogP contribution in [-0.4, -0.2) is 61.5 Å². The quantitative estimate of drug-likeness (QED) is 0.289. The summed E-state index contributed by atoms with van der Waals surface area (Å²) >= 11 is 12.8. The first-order valence-corrected chi connectivity index (χ1v) is 13.9. The van der Waals surface area contributed by atoms with Crippen molar-refractivity contribution in [3.63, 3.8) is 0 Å². The van der Waals surface area contributed by atoms with Gasteiger partial charge in [-0.2, -0.15) is 0 Å². The Morgan fingerprint density at radius 2 is 1.88 bits per heavy atom. The Hall–Kier alpha value is -3.81. The van der Waals surface area contributed by atoms with Crippen molar-refractivity contribution in [2.45, 2.75) is 18.9 Å². The second kappa shape index (κ2) is 12.8. The molecule has 4 aromatic rings. The molecule has 0 atom stereocenters. The van der Waals surface area contributed by atoms with Crippen molar-refractivity contribution in [2.75, 3.05) is 51.2 Å². The Labute approximate surface area is 248 Å². The van der Waals surface area contributed by atoms with E-state index in [1.165, 1.54) is 10.8 Å². The minimum atomic E-state index is -0.369. The Balaban J connectivity index is 1.51. The lowest BCUT2D eigenvalue weighted by atomic mass is 10.0. The van der Waals surface area contributed by atoms with E-state index in [1.807, 2.05) is 25.2 Å². The Bertz CT molecular complexity index is 1670. The third-order valence-electron chi connectivity index (χ3n) is 7.05. The van der Waals surface area contributed by atoms with E-state index in [2.05, 4.69) is 37.3 Å². The zero-order valence-electron chi connectivity index (χ0n) is 23.0. The third kappa shape index (κ3) is 6.11. The summed E-state index contributed by atoms with van der Waals surface area (Å²) in [6.45, 7) is 2.11. The van der Waals surface area contributed by atoms with Gasteiger partial charge in [-0.3, -0.25) is 9.36 Å². The number of ether oxygens (including phenoxy) is 2. The number of halogens is 2. The molecular formula is C30H30Cl2N6O3. The second-order valence-corrected chi connectivity index (χ2v) is 10.4. The summed E-state index contributed by atoms with van der Waals surface area (Å²) in [5.41, 5.74) is 2.68. The molecule has 1 aliphatic heterocycles. The molecule has 0 unspecified atom stereocenters. The van der Waals surface area contributed by atoms with E-state index in [0.29, 0.717) is 38.8 Å². The highest BCUT2D eigenvalue weighted by Gasteiger charge is 2.21. The average molecular weight is 594 g/mol. The minimum Gasteiger partial charge on any atom is -0.495 e. The molecule has 41 heavy (non-hydrogen) atoms. The summed E-state index contributed by atoms with van der Waals surface area (Å²) < 4.78 is 12.2. The van der Waals surface area contributed by atoms with Crippen LogP contribution in [0.25, 0.3) is 16.6 Å². The maximum Gasteiger partial charge on any atom is 0.266 e. The molecule has 11 heteroatoms. The maximum absolute atomic E-state index is 13.5. The number of anilines is 3. The first kappa shape index (κ1) is 28.7. The Kier molecular flexibility index (Phi) is 8.96. The van der Waals surface area contributed by atoms with Crippen LogP contribution >= 0.6 is 23.2 Å². The molecular weight excluding hydrogens is 563 g/mol. The van der Waals surface area contributed by atoms with Gasteiger partial charge in [0.2, 0.25) is 5.95 Å². The first-order chi connectivity index (χ1) is 19.9. The number of piperidine rings is 1. The van der Waals surface area contributed by atoms with Crippen molar-refractivity contribution in [1.82, 2.24) is 19.9 Å². The van der Waals surface area contributed by atoms with Crippen molar-refractivity contribution in [1.29, 1.82) is 0 Å². The fourth-order valence-corrected chi connectivity index (χ4v) is 5.50. The van der Waals surface area contributed by atoms with Crippen LogP contribution in [0.5, 0.6) is 5.75 Å². The van der Waals surface area contributed by atoms with Crippen LogP contribution < -0.4 is 25.8 Å². The zero-order valence-corrected chi connectivity index (χ0v) is 24.5.